The van der Waals surface area contributed by atoms with E-state index >= 15 is 0 Å². The molecule has 16 heavy (non-hydrogen) atoms. The third-order valence-electron chi connectivity index (χ3n) is 3.83. The van der Waals surface area contributed by atoms with Crippen molar-refractivity contribution in [2.75, 3.05) is 0 Å². The molecule has 0 aliphatic carbocycles. The van der Waals surface area contributed by atoms with Crippen molar-refractivity contribution < 1.29 is 0 Å². The highest BCUT2D eigenvalue weighted by atomic mass is 14.2. The van der Waals surface area contributed by atoms with Crippen LogP contribution in [0.5, 0.6) is 0 Å². The Morgan fingerprint density at radius 3 is 2.62 bits per heavy atom. The lowest BCUT2D eigenvalue weighted by atomic mass is 9.52. The van der Waals surface area contributed by atoms with Gasteiger partial charge in [0.15, 0.2) is 0 Å². The lowest BCUT2D eigenvalue weighted by molar-refractivity contribution is 0.477. The summed E-state index contributed by atoms with van der Waals surface area (Å²) in [5.74, 6) is 1.56. The van der Waals surface area contributed by atoms with Crippen molar-refractivity contribution in [1.82, 2.24) is 0 Å². The molecule has 0 amide bonds. The van der Waals surface area contributed by atoms with Gasteiger partial charge in [-0.25, -0.2) is 0 Å². The molecule has 0 bridgehead atoms. The van der Waals surface area contributed by atoms with Crippen LogP contribution >= 0.6 is 0 Å². The average molecular weight is 219 g/mol. The molecular weight excluding hydrogens is 191 g/mol. The summed E-state index contributed by atoms with van der Waals surface area (Å²) in [6, 6.07) is 0. The molecule has 0 nitrogen and oxygen atoms in total. The van der Waals surface area contributed by atoms with Gasteiger partial charge in [-0.3, -0.25) is 0 Å². The number of rotatable bonds is 3. The van der Waals surface area contributed by atoms with Crippen molar-refractivity contribution in [1.29, 1.82) is 0 Å². The van der Waals surface area contributed by atoms with E-state index in [2.05, 4.69) is 48.0 Å². The first kappa shape index (κ1) is 13.9. The number of hydrogen-bond donors (Lipinski definition) is 0. The lowest BCUT2D eigenvalue weighted by Gasteiger charge is -2.22. The molecule has 1 fully saturated rings. The summed E-state index contributed by atoms with van der Waals surface area (Å²) in [7, 11) is 2.54. The molecule has 0 aromatic heterocycles. The van der Waals surface area contributed by atoms with Crippen molar-refractivity contribution in [3.8, 4) is 0 Å². The van der Waals surface area contributed by atoms with Crippen LogP contribution in [0.15, 0.2) is 11.6 Å². The molecule has 91 valence electrons. The Bertz CT molecular complexity index is 238. The van der Waals surface area contributed by atoms with Gasteiger partial charge in [0.25, 0.3) is 0 Å². The molecule has 0 aromatic rings. The van der Waals surface area contributed by atoms with Crippen LogP contribution in [0.3, 0.4) is 0 Å². The van der Waals surface area contributed by atoms with E-state index in [1.165, 1.54) is 32.0 Å². The predicted octanol–water partition coefficient (Wildman–Crippen LogP) is 5.10. The van der Waals surface area contributed by atoms with Gasteiger partial charge in [-0.2, -0.15) is 0 Å². The van der Waals surface area contributed by atoms with Gasteiger partial charge in [0.1, 0.15) is 7.28 Å². The molecule has 1 unspecified atom stereocenters. The van der Waals surface area contributed by atoms with Crippen LogP contribution in [-0.4, -0.2) is 7.28 Å². The first-order valence-electron chi connectivity index (χ1n) is 6.99. The fourth-order valence-electron chi connectivity index (χ4n) is 2.81. The van der Waals surface area contributed by atoms with Crippen molar-refractivity contribution in [3.63, 3.8) is 0 Å². The normalized spacial score (nSPS) is 26.4. The van der Waals surface area contributed by atoms with E-state index in [4.69, 9.17) is 0 Å². The molecule has 1 heteroatoms. The largest absolute Gasteiger partial charge is 0.117 e. The van der Waals surface area contributed by atoms with Gasteiger partial charge in [-0.1, -0.05) is 70.7 Å². The summed E-state index contributed by atoms with van der Waals surface area (Å²) >= 11 is 0. The second kappa shape index (κ2) is 5.93. The zero-order valence-corrected chi connectivity index (χ0v) is 11.8. The van der Waals surface area contributed by atoms with Gasteiger partial charge in [0.2, 0.25) is 0 Å². The first-order valence-corrected chi connectivity index (χ1v) is 6.99. The second-order valence-corrected chi connectivity index (χ2v) is 6.34. The van der Waals surface area contributed by atoms with Crippen LogP contribution in [0.1, 0.15) is 60.3 Å². The van der Waals surface area contributed by atoms with Gasteiger partial charge in [-0.15, -0.1) is 0 Å². The molecule has 1 aliphatic rings. The molecule has 1 aliphatic heterocycles. The number of allylic oxidation sites excluding steroid dienone is 2. The standard InChI is InChI=1S/C15H28B/c1-6-13(11-12(2)3)14-7-9-15(4,5)16-10-8-14/h11-12,14H,6-10H2,1-5H3/b13-11+. The highest BCUT2D eigenvalue weighted by Gasteiger charge is 2.26. The summed E-state index contributed by atoms with van der Waals surface area (Å²) in [4.78, 5) is 0. The molecule has 0 aromatic carbocycles. The highest BCUT2D eigenvalue weighted by Crippen LogP contribution is 2.40. The topological polar surface area (TPSA) is 0 Å². The predicted molar refractivity (Wildman–Crippen MR) is 75.2 cm³/mol. The first-order chi connectivity index (χ1) is 7.44. The van der Waals surface area contributed by atoms with Gasteiger partial charge in [0.05, 0.1) is 0 Å². The fourth-order valence-corrected chi connectivity index (χ4v) is 2.81. The molecular formula is C15H28B. The molecule has 0 saturated carbocycles. The van der Waals surface area contributed by atoms with Crippen LogP contribution in [-0.2, 0) is 0 Å². The van der Waals surface area contributed by atoms with E-state index in [0.717, 1.165) is 5.92 Å². The molecule has 0 spiro atoms. The molecule has 1 rings (SSSR count). The minimum Gasteiger partial charge on any atom is -0.0825 e. The summed E-state index contributed by atoms with van der Waals surface area (Å²) in [5.41, 5.74) is 1.71. The van der Waals surface area contributed by atoms with Crippen molar-refractivity contribution in [3.05, 3.63) is 11.6 Å². The third-order valence-corrected chi connectivity index (χ3v) is 3.83. The maximum atomic E-state index is 2.54. The van der Waals surface area contributed by atoms with Gasteiger partial charge < -0.3 is 0 Å². The van der Waals surface area contributed by atoms with Crippen molar-refractivity contribution in [2.24, 2.45) is 11.8 Å². The summed E-state index contributed by atoms with van der Waals surface area (Å²) in [6.07, 6.45) is 9.15. The SMILES string of the molecule is CC/C(=C\C(C)C)C1CC[B]C(C)(C)CC1. The van der Waals surface area contributed by atoms with E-state index in [9.17, 15) is 0 Å². The van der Waals surface area contributed by atoms with Crippen molar-refractivity contribution in [2.45, 2.75) is 71.9 Å². The van der Waals surface area contributed by atoms with Crippen LogP contribution in [0.2, 0.25) is 11.6 Å². The van der Waals surface area contributed by atoms with Gasteiger partial charge >= 0.3 is 0 Å². The van der Waals surface area contributed by atoms with E-state index in [0.29, 0.717) is 11.2 Å². The fraction of sp³-hybridized carbons (Fsp3) is 0.867. The Hall–Kier alpha value is -0.195. The molecule has 1 atom stereocenters. The summed E-state index contributed by atoms with van der Waals surface area (Å²) in [5, 5.41) is 0.464. The Kier molecular flexibility index (Phi) is 5.14. The Morgan fingerprint density at radius 1 is 1.38 bits per heavy atom. The van der Waals surface area contributed by atoms with Crippen LogP contribution in [0, 0.1) is 11.8 Å². The summed E-state index contributed by atoms with van der Waals surface area (Å²) in [6.45, 7) is 11.7. The smallest absolute Gasteiger partial charge is 0.0825 e. The Balaban J connectivity index is 2.66. The average Bonchev–Trinajstić information content (AvgIpc) is 2.35. The van der Waals surface area contributed by atoms with E-state index in [1.807, 2.05) is 0 Å². The van der Waals surface area contributed by atoms with Gasteiger partial charge in [0, 0.05) is 0 Å². The van der Waals surface area contributed by atoms with E-state index < -0.39 is 0 Å². The molecule has 1 saturated heterocycles. The van der Waals surface area contributed by atoms with Gasteiger partial charge in [-0.05, 0) is 24.7 Å². The maximum absolute atomic E-state index is 2.54. The number of hydrogen-bond acceptors (Lipinski definition) is 0. The van der Waals surface area contributed by atoms with E-state index in [1.54, 1.807) is 5.57 Å². The third kappa shape index (κ3) is 4.35. The van der Waals surface area contributed by atoms with Crippen molar-refractivity contribution >= 4 is 7.28 Å². The molecule has 1 heterocycles. The van der Waals surface area contributed by atoms with Crippen LogP contribution < -0.4 is 0 Å². The van der Waals surface area contributed by atoms with Crippen LogP contribution in [0.25, 0.3) is 0 Å². The Morgan fingerprint density at radius 2 is 2.06 bits per heavy atom. The second-order valence-electron chi connectivity index (χ2n) is 6.34. The molecule has 1 radical (unpaired) electrons. The monoisotopic (exact) mass is 219 g/mol. The van der Waals surface area contributed by atoms with E-state index in [-0.39, 0.29) is 0 Å². The van der Waals surface area contributed by atoms with Crippen LogP contribution in [0.4, 0.5) is 0 Å². The molecule has 0 N–H and O–H groups in total. The lowest BCUT2D eigenvalue weighted by Crippen LogP contribution is -2.09. The zero-order valence-electron chi connectivity index (χ0n) is 11.8. The maximum Gasteiger partial charge on any atom is 0.117 e. The summed E-state index contributed by atoms with van der Waals surface area (Å²) < 4.78 is 0. The minimum atomic E-state index is 0.464. The Labute approximate surface area is 103 Å². The highest BCUT2D eigenvalue weighted by molar-refractivity contribution is 6.39. The zero-order chi connectivity index (χ0) is 12.2. The minimum absolute atomic E-state index is 0.464. The quantitative estimate of drug-likeness (QED) is 0.457.